The summed E-state index contributed by atoms with van der Waals surface area (Å²) in [5.41, 5.74) is 2.99. The number of ether oxygens (including phenoxy) is 1. The molecule has 2 amide bonds. The summed E-state index contributed by atoms with van der Waals surface area (Å²) < 4.78 is 5.40. The van der Waals surface area contributed by atoms with Crippen molar-refractivity contribution in [1.82, 2.24) is 5.32 Å². The number of hydrogen-bond donors (Lipinski definition) is 2. The van der Waals surface area contributed by atoms with Gasteiger partial charge in [0.1, 0.15) is 0 Å². The number of nitrogens with zero attached hydrogens (tertiary/aromatic N) is 1. The van der Waals surface area contributed by atoms with Gasteiger partial charge in [-0.05, 0) is 54.3 Å². The monoisotopic (exact) mass is 469 g/mol. The highest BCUT2D eigenvalue weighted by atomic mass is 35.5. The van der Waals surface area contributed by atoms with Crippen molar-refractivity contribution in [3.05, 3.63) is 81.0 Å². The molecule has 8 heteroatoms. The van der Waals surface area contributed by atoms with Crippen LogP contribution in [-0.2, 0) is 4.74 Å². The van der Waals surface area contributed by atoms with Gasteiger partial charge in [-0.2, -0.15) is 0 Å². The molecule has 1 atom stereocenters. The number of thiophene rings is 1. The quantitative estimate of drug-likeness (QED) is 0.534. The van der Waals surface area contributed by atoms with Crippen LogP contribution >= 0.6 is 22.9 Å². The number of hydrogen-bond acceptors (Lipinski definition) is 5. The number of nitrogens with one attached hydrogen (secondary N) is 2. The Morgan fingerprint density at radius 3 is 2.50 bits per heavy atom. The van der Waals surface area contributed by atoms with Crippen molar-refractivity contribution in [2.45, 2.75) is 13.0 Å². The summed E-state index contributed by atoms with van der Waals surface area (Å²) >= 11 is 7.57. The molecule has 1 unspecified atom stereocenters. The SMILES string of the molecule is CC(NC(=O)c1ccc(Cl)c(NC(=O)c2cccs2)c1)c1ccc(N2CCOCC2)cc1. The number of carbonyl (C=O) groups excluding carboxylic acids is 2. The van der Waals surface area contributed by atoms with Crippen LogP contribution in [0.5, 0.6) is 0 Å². The fourth-order valence-corrected chi connectivity index (χ4v) is 4.30. The lowest BCUT2D eigenvalue weighted by Crippen LogP contribution is -2.36. The Morgan fingerprint density at radius 2 is 1.81 bits per heavy atom. The Morgan fingerprint density at radius 1 is 1.06 bits per heavy atom. The predicted molar refractivity (Wildman–Crippen MR) is 129 cm³/mol. The van der Waals surface area contributed by atoms with E-state index in [1.807, 2.05) is 24.4 Å². The van der Waals surface area contributed by atoms with E-state index in [1.54, 1.807) is 30.3 Å². The second-order valence-corrected chi connectivity index (χ2v) is 8.87. The van der Waals surface area contributed by atoms with Crippen LogP contribution in [0.25, 0.3) is 0 Å². The Bertz CT molecular complexity index is 1080. The summed E-state index contributed by atoms with van der Waals surface area (Å²) in [6, 6.07) is 16.4. The minimum absolute atomic E-state index is 0.180. The summed E-state index contributed by atoms with van der Waals surface area (Å²) in [4.78, 5) is 28.0. The van der Waals surface area contributed by atoms with Crippen molar-refractivity contribution in [3.63, 3.8) is 0 Å². The highest BCUT2D eigenvalue weighted by Crippen LogP contribution is 2.25. The smallest absolute Gasteiger partial charge is 0.265 e. The first kappa shape index (κ1) is 22.3. The zero-order chi connectivity index (χ0) is 22.5. The van der Waals surface area contributed by atoms with Crippen LogP contribution in [0.4, 0.5) is 11.4 Å². The number of benzene rings is 2. The molecule has 6 nitrogen and oxygen atoms in total. The Hall–Kier alpha value is -2.87. The van der Waals surface area contributed by atoms with Crippen molar-refractivity contribution in [2.75, 3.05) is 36.5 Å². The van der Waals surface area contributed by atoms with Crippen LogP contribution in [0, 0.1) is 0 Å². The first-order valence-electron chi connectivity index (χ1n) is 10.4. The van der Waals surface area contributed by atoms with Crippen molar-refractivity contribution in [3.8, 4) is 0 Å². The summed E-state index contributed by atoms with van der Waals surface area (Å²) in [5.74, 6) is -0.494. The minimum Gasteiger partial charge on any atom is -0.378 e. The number of rotatable bonds is 6. The molecule has 0 spiro atoms. The molecule has 0 saturated carbocycles. The fraction of sp³-hybridized carbons (Fsp3) is 0.250. The molecule has 2 N–H and O–H groups in total. The molecule has 0 bridgehead atoms. The number of anilines is 2. The second kappa shape index (κ2) is 10.2. The van der Waals surface area contributed by atoms with E-state index in [0.29, 0.717) is 21.2 Å². The van der Waals surface area contributed by atoms with Crippen molar-refractivity contribution in [1.29, 1.82) is 0 Å². The fourth-order valence-electron chi connectivity index (χ4n) is 3.51. The molecule has 4 rings (SSSR count). The van der Waals surface area contributed by atoms with Gasteiger partial charge in [-0.1, -0.05) is 29.8 Å². The molecular weight excluding hydrogens is 446 g/mol. The molecule has 2 aromatic carbocycles. The second-order valence-electron chi connectivity index (χ2n) is 7.51. The third-order valence-corrected chi connectivity index (χ3v) is 6.54. The highest BCUT2D eigenvalue weighted by Gasteiger charge is 2.16. The Labute approximate surface area is 196 Å². The summed E-state index contributed by atoms with van der Waals surface area (Å²) in [6.45, 7) is 5.19. The van der Waals surface area contributed by atoms with Gasteiger partial charge < -0.3 is 20.3 Å². The molecule has 32 heavy (non-hydrogen) atoms. The summed E-state index contributed by atoms with van der Waals surface area (Å²) in [7, 11) is 0. The molecule has 0 aliphatic carbocycles. The first-order valence-corrected chi connectivity index (χ1v) is 11.6. The molecule has 1 aromatic heterocycles. The molecular formula is C24H24ClN3O3S. The maximum atomic E-state index is 12.8. The van der Waals surface area contributed by atoms with E-state index >= 15 is 0 Å². The zero-order valence-electron chi connectivity index (χ0n) is 17.6. The van der Waals surface area contributed by atoms with Crippen LogP contribution in [0.1, 0.15) is 38.6 Å². The number of halogens is 1. The molecule has 3 aromatic rings. The van der Waals surface area contributed by atoms with Gasteiger partial charge in [0, 0.05) is 24.3 Å². The van der Waals surface area contributed by atoms with Gasteiger partial charge in [-0.3, -0.25) is 9.59 Å². The predicted octanol–water partition coefficient (Wildman–Crippen LogP) is 4.98. The van der Waals surface area contributed by atoms with Gasteiger partial charge in [0.25, 0.3) is 11.8 Å². The van der Waals surface area contributed by atoms with Gasteiger partial charge in [0.2, 0.25) is 0 Å². The van der Waals surface area contributed by atoms with Crippen molar-refractivity contribution < 1.29 is 14.3 Å². The van der Waals surface area contributed by atoms with Gasteiger partial charge in [0.05, 0.1) is 34.8 Å². The first-order chi connectivity index (χ1) is 15.5. The number of morpholine rings is 1. The van der Waals surface area contributed by atoms with Gasteiger partial charge in [-0.15, -0.1) is 11.3 Å². The van der Waals surface area contributed by atoms with E-state index in [1.165, 1.54) is 11.3 Å². The van der Waals surface area contributed by atoms with E-state index in [4.69, 9.17) is 16.3 Å². The van der Waals surface area contributed by atoms with Crippen molar-refractivity contribution in [2.24, 2.45) is 0 Å². The van der Waals surface area contributed by atoms with Gasteiger partial charge >= 0.3 is 0 Å². The van der Waals surface area contributed by atoms with E-state index in [2.05, 4.69) is 27.7 Å². The van der Waals surface area contributed by atoms with Gasteiger partial charge in [0.15, 0.2) is 0 Å². The zero-order valence-corrected chi connectivity index (χ0v) is 19.2. The lowest BCUT2D eigenvalue weighted by Gasteiger charge is -2.29. The van der Waals surface area contributed by atoms with E-state index < -0.39 is 0 Å². The Balaban J connectivity index is 1.41. The van der Waals surface area contributed by atoms with Crippen LogP contribution in [0.3, 0.4) is 0 Å². The number of carbonyl (C=O) groups is 2. The normalized spacial score (nSPS) is 14.6. The molecule has 2 heterocycles. The molecule has 1 fully saturated rings. The van der Waals surface area contributed by atoms with E-state index in [9.17, 15) is 9.59 Å². The maximum Gasteiger partial charge on any atom is 0.265 e. The molecule has 166 valence electrons. The average molecular weight is 470 g/mol. The summed E-state index contributed by atoms with van der Waals surface area (Å²) in [6.07, 6.45) is 0. The van der Waals surface area contributed by atoms with Crippen LogP contribution < -0.4 is 15.5 Å². The average Bonchev–Trinajstić information content (AvgIpc) is 3.36. The summed E-state index contributed by atoms with van der Waals surface area (Å²) in [5, 5.41) is 7.99. The van der Waals surface area contributed by atoms with Crippen LogP contribution in [0.15, 0.2) is 60.0 Å². The molecule has 0 radical (unpaired) electrons. The maximum absolute atomic E-state index is 12.8. The van der Waals surface area contributed by atoms with E-state index in [0.717, 1.165) is 37.6 Å². The third-order valence-electron chi connectivity index (χ3n) is 5.34. The van der Waals surface area contributed by atoms with E-state index in [-0.39, 0.29) is 17.9 Å². The topological polar surface area (TPSA) is 70.7 Å². The minimum atomic E-state index is -0.256. The molecule has 1 aliphatic heterocycles. The number of amides is 2. The van der Waals surface area contributed by atoms with Crippen molar-refractivity contribution >= 4 is 46.1 Å². The largest absolute Gasteiger partial charge is 0.378 e. The molecule has 1 aliphatic rings. The lowest BCUT2D eigenvalue weighted by molar-refractivity contribution is 0.0938. The lowest BCUT2D eigenvalue weighted by atomic mass is 10.1. The third kappa shape index (κ3) is 5.30. The van der Waals surface area contributed by atoms with Gasteiger partial charge in [-0.25, -0.2) is 0 Å². The Kier molecular flexibility index (Phi) is 7.09. The van der Waals surface area contributed by atoms with Crippen LogP contribution in [0.2, 0.25) is 5.02 Å². The highest BCUT2D eigenvalue weighted by molar-refractivity contribution is 7.12. The van der Waals surface area contributed by atoms with Crippen LogP contribution in [-0.4, -0.2) is 38.1 Å². The standard InChI is InChI=1S/C24H24ClN3O3S/c1-16(17-4-7-19(8-5-17)28-10-12-31-13-11-28)26-23(29)18-6-9-20(25)21(15-18)27-24(30)22-3-2-14-32-22/h2-9,14-16H,10-13H2,1H3,(H,26,29)(H,27,30). The molecule has 1 saturated heterocycles.